The highest BCUT2D eigenvalue weighted by Gasteiger charge is 2.18. The Labute approximate surface area is 147 Å². The molecule has 7 heteroatoms. The number of benzene rings is 1. The third-order valence-electron chi connectivity index (χ3n) is 3.46. The Kier molecular flexibility index (Phi) is 4.61. The van der Waals surface area contributed by atoms with Crippen molar-refractivity contribution >= 4 is 27.7 Å². The van der Waals surface area contributed by atoms with E-state index in [2.05, 4.69) is 25.9 Å². The maximum absolute atomic E-state index is 12.4. The predicted molar refractivity (Wildman–Crippen MR) is 94.1 cm³/mol. The maximum atomic E-state index is 12.4. The molecule has 1 amide bonds. The Morgan fingerprint density at radius 1 is 1.17 bits per heavy atom. The number of hydrogen-bond acceptors (Lipinski definition) is 5. The summed E-state index contributed by atoms with van der Waals surface area (Å²) in [5.74, 6) is 1.23. The van der Waals surface area contributed by atoms with Gasteiger partial charge in [0.15, 0.2) is 11.5 Å². The third kappa shape index (κ3) is 3.46. The van der Waals surface area contributed by atoms with Gasteiger partial charge in [0.2, 0.25) is 0 Å². The minimum atomic E-state index is -0.304. The molecule has 0 bridgehead atoms. The summed E-state index contributed by atoms with van der Waals surface area (Å²) in [5.41, 5.74) is 6.80. The number of amides is 1. The molecule has 0 fully saturated rings. The Morgan fingerprint density at radius 2 is 1.88 bits per heavy atom. The minimum absolute atomic E-state index is 0.115. The monoisotopic (exact) mass is 386 g/mol. The summed E-state index contributed by atoms with van der Waals surface area (Å²) < 4.78 is 6.82. The van der Waals surface area contributed by atoms with Crippen LogP contribution in [0.3, 0.4) is 0 Å². The van der Waals surface area contributed by atoms with Crippen LogP contribution in [0.1, 0.15) is 16.2 Å². The van der Waals surface area contributed by atoms with Gasteiger partial charge in [0, 0.05) is 29.5 Å². The van der Waals surface area contributed by atoms with Crippen molar-refractivity contribution in [1.29, 1.82) is 0 Å². The van der Waals surface area contributed by atoms with Crippen molar-refractivity contribution in [3.8, 4) is 11.3 Å². The Balaban J connectivity index is 1.73. The highest BCUT2D eigenvalue weighted by atomic mass is 79.9. The van der Waals surface area contributed by atoms with Crippen molar-refractivity contribution in [3.05, 3.63) is 64.7 Å². The van der Waals surface area contributed by atoms with E-state index in [1.165, 1.54) is 17.3 Å². The van der Waals surface area contributed by atoms with Crippen molar-refractivity contribution < 1.29 is 9.21 Å². The molecule has 0 unspecified atom stereocenters. The molecular formula is C17H15BrN4O2. The van der Waals surface area contributed by atoms with Gasteiger partial charge in [-0.3, -0.25) is 4.79 Å². The van der Waals surface area contributed by atoms with Crippen molar-refractivity contribution in [3.63, 3.8) is 0 Å². The SMILES string of the molecule is CN(Cc1ccc(-c2ccc(Br)cc2)o1)C(=O)c1nccnc1N. The average molecular weight is 387 g/mol. The molecule has 1 aromatic carbocycles. The number of aromatic nitrogens is 2. The number of rotatable bonds is 4. The number of nitrogens with zero attached hydrogens (tertiary/aromatic N) is 3. The highest BCUT2D eigenvalue weighted by molar-refractivity contribution is 9.10. The van der Waals surface area contributed by atoms with Gasteiger partial charge in [-0.25, -0.2) is 9.97 Å². The molecule has 0 saturated heterocycles. The molecule has 0 aliphatic heterocycles. The molecule has 0 spiro atoms. The van der Waals surface area contributed by atoms with E-state index in [9.17, 15) is 4.79 Å². The Hall–Kier alpha value is -2.67. The first-order valence-electron chi connectivity index (χ1n) is 7.21. The molecular weight excluding hydrogens is 372 g/mol. The molecule has 2 N–H and O–H groups in total. The predicted octanol–water partition coefficient (Wildman–Crippen LogP) is 3.35. The number of carbonyl (C=O) groups is 1. The van der Waals surface area contributed by atoms with Crippen LogP contribution >= 0.6 is 15.9 Å². The summed E-state index contributed by atoms with van der Waals surface area (Å²) in [6, 6.07) is 11.5. The molecule has 3 aromatic rings. The van der Waals surface area contributed by atoms with Gasteiger partial charge >= 0.3 is 0 Å². The molecule has 0 radical (unpaired) electrons. The third-order valence-corrected chi connectivity index (χ3v) is 3.99. The van der Waals surface area contributed by atoms with Gasteiger partial charge in [-0.15, -0.1) is 0 Å². The summed E-state index contributed by atoms with van der Waals surface area (Å²) in [6.07, 6.45) is 2.89. The van der Waals surface area contributed by atoms with Gasteiger partial charge in [0.25, 0.3) is 5.91 Å². The first-order valence-corrected chi connectivity index (χ1v) is 8.00. The van der Waals surface area contributed by atoms with Crippen LogP contribution in [-0.4, -0.2) is 27.8 Å². The second kappa shape index (κ2) is 6.84. The molecule has 0 aliphatic rings. The van der Waals surface area contributed by atoms with E-state index in [1.807, 2.05) is 36.4 Å². The summed E-state index contributed by atoms with van der Waals surface area (Å²) in [6.45, 7) is 0.311. The zero-order chi connectivity index (χ0) is 17.1. The fourth-order valence-electron chi connectivity index (χ4n) is 2.23. The van der Waals surface area contributed by atoms with Gasteiger partial charge < -0.3 is 15.1 Å². The molecule has 24 heavy (non-hydrogen) atoms. The van der Waals surface area contributed by atoms with Gasteiger partial charge in [0.1, 0.15) is 11.5 Å². The first kappa shape index (κ1) is 16.2. The van der Waals surface area contributed by atoms with Crippen LogP contribution < -0.4 is 5.73 Å². The molecule has 2 aromatic heterocycles. The Bertz CT molecular complexity index is 861. The maximum Gasteiger partial charge on any atom is 0.276 e. The van der Waals surface area contributed by atoms with E-state index in [-0.39, 0.29) is 17.4 Å². The standard InChI is InChI=1S/C17H15BrN4O2/c1-22(17(23)15-16(19)21-9-8-20-15)10-13-6-7-14(24-13)11-2-4-12(18)5-3-11/h2-9H,10H2,1H3,(H2,19,21). The lowest BCUT2D eigenvalue weighted by molar-refractivity contribution is 0.0770. The van der Waals surface area contributed by atoms with Crippen molar-refractivity contribution in [2.45, 2.75) is 6.54 Å². The first-order chi connectivity index (χ1) is 11.5. The number of nitrogens with two attached hydrogens (primary N) is 1. The number of hydrogen-bond donors (Lipinski definition) is 1. The van der Waals surface area contributed by atoms with Crippen molar-refractivity contribution in [1.82, 2.24) is 14.9 Å². The summed E-state index contributed by atoms with van der Waals surface area (Å²) >= 11 is 3.40. The van der Waals surface area contributed by atoms with E-state index < -0.39 is 0 Å². The van der Waals surface area contributed by atoms with Gasteiger partial charge in [0.05, 0.1) is 6.54 Å². The number of nitrogen functional groups attached to an aromatic ring is 1. The van der Waals surface area contributed by atoms with Crippen LogP contribution in [0.25, 0.3) is 11.3 Å². The molecule has 6 nitrogen and oxygen atoms in total. The quantitative estimate of drug-likeness (QED) is 0.742. The minimum Gasteiger partial charge on any atom is -0.459 e. The summed E-state index contributed by atoms with van der Waals surface area (Å²) in [5, 5.41) is 0. The lowest BCUT2D eigenvalue weighted by Gasteiger charge is -2.15. The van der Waals surface area contributed by atoms with Gasteiger partial charge in [-0.1, -0.05) is 28.1 Å². The highest BCUT2D eigenvalue weighted by Crippen LogP contribution is 2.24. The van der Waals surface area contributed by atoms with E-state index >= 15 is 0 Å². The number of carbonyl (C=O) groups excluding carboxylic acids is 1. The number of anilines is 1. The molecule has 0 atom stereocenters. The number of halogens is 1. The van der Waals surface area contributed by atoms with Crippen molar-refractivity contribution in [2.75, 3.05) is 12.8 Å². The van der Waals surface area contributed by atoms with E-state index in [1.54, 1.807) is 7.05 Å². The fraction of sp³-hybridized carbons (Fsp3) is 0.118. The van der Waals surface area contributed by atoms with Gasteiger partial charge in [-0.2, -0.15) is 0 Å². The van der Waals surface area contributed by atoms with Gasteiger partial charge in [-0.05, 0) is 24.3 Å². The molecule has 2 heterocycles. The lowest BCUT2D eigenvalue weighted by atomic mass is 10.2. The van der Waals surface area contributed by atoms with Crippen LogP contribution in [-0.2, 0) is 6.54 Å². The molecule has 0 saturated carbocycles. The second-order valence-corrected chi connectivity index (χ2v) is 6.14. The molecule has 0 aliphatic carbocycles. The van der Waals surface area contributed by atoms with Crippen molar-refractivity contribution in [2.24, 2.45) is 0 Å². The zero-order valence-electron chi connectivity index (χ0n) is 12.9. The zero-order valence-corrected chi connectivity index (χ0v) is 14.5. The van der Waals surface area contributed by atoms with Crippen LogP contribution in [0.5, 0.6) is 0 Å². The average Bonchev–Trinajstić information content (AvgIpc) is 3.04. The summed E-state index contributed by atoms with van der Waals surface area (Å²) in [4.78, 5) is 21.7. The van der Waals surface area contributed by atoms with Crippen LogP contribution in [0, 0.1) is 0 Å². The summed E-state index contributed by atoms with van der Waals surface area (Å²) in [7, 11) is 1.66. The van der Waals surface area contributed by atoms with Crippen LogP contribution in [0.2, 0.25) is 0 Å². The number of furan rings is 1. The normalized spacial score (nSPS) is 10.6. The largest absolute Gasteiger partial charge is 0.459 e. The van der Waals surface area contributed by atoms with E-state index in [0.717, 1.165) is 15.8 Å². The van der Waals surface area contributed by atoms with Crippen LogP contribution in [0.15, 0.2) is 57.7 Å². The van der Waals surface area contributed by atoms with Crippen LogP contribution in [0.4, 0.5) is 5.82 Å². The second-order valence-electron chi connectivity index (χ2n) is 5.22. The fourth-order valence-corrected chi connectivity index (χ4v) is 2.50. The topological polar surface area (TPSA) is 85.2 Å². The smallest absolute Gasteiger partial charge is 0.276 e. The molecule has 3 rings (SSSR count). The molecule has 122 valence electrons. The van der Waals surface area contributed by atoms with E-state index in [0.29, 0.717) is 12.3 Å². The van der Waals surface area contributed by atoms with E-state index in [4.69, 9.17) is 10.2 Å². The Morgan fingerprint density at radius 3 is 2.58 bits per heavy atom. The lowest BCUT2D eigenvalue weighted by Crippen LogP contribution is -2.28.